The summed E-state index contributed by atoms with van der Waals surface area (Å²) in [7, 11) is 0. The van der Waals surface area contributed by atoms with Crippen LogP contribution in [-0.4, -0.2) is 18.0 Å². The van der Waals surface area contributed by atoms with Crippen LogP contribution in [0.5, 0.6) is 0 Å². The molecule has 0 unspecified atom stereocenters. The Balaban J connectivity index is 1.89. The minimum atomic E-state index is -0.685. The van der Waals surface area contributed by atoms with Crippen molar-refractivity contribution in [2.24, 2.45) is 5.41 Å². The predicted molar refractivity (Wildman–Crippen MR) is 67.1 cm³/mol. The van der Waals surface area contributed by atoms with Crippen molar-refractivity contribution in [3.05, 3.63) is 35.9 Å². The third kappa shape index (κ3) is 2.16. The van der Waals surface area contributed by atoms with Crippen LogP contribution in [0.3, 0.4) is 0 Å². The van der Waals surface area contributed by atoms with E-state index in [-0.39, 0.29) is 24.6 Å². The molecular formula is C15H16O4. The Labute approximate surface area is 111 Å². The van der Waals surface area contributed by atoms with Crippen molar-refractivity contribution < 1.29 is 19.1 Å². The second kappa shape index (κ2) is 4.46. The highest BCUT2D eigenvalue weighted by Crippen LogP contribution is 2.48. The van der Waals surface area contributed by atoms with Crippen LogP contribution < -0.4 is 0 Å². The normalized spacial score (nSPS) is 34.6. The summed E-state index contributed by atoms with van der Waals surface area (Å²) >= 11 is 0. The molecule has 1 aromatic rings. The quantitative estimate of drug-likeness (QED) is 0.574. The van der Waals surface area contributed by atoms with Crippen LogP contribution in [-0.2, 0) is 19.1 Å². The van der Waals surface area contributed by atoms with Crippen molar-refractivity contribution in [3.63, 3.8) is 0 Å². The van der Waals surface area contributed by atoms with E-state index in [4.69, 9.17) is 9.47 Å². The third-order valence-corrected chi connectivity index (χ3v) is 3.94. The van der Waals surface area contributed by atoms with Crippen molar-refractivity contribution in [1.82, 2.24) is 0 Å². The molecule has 19 heavy (non-hydrogen) atoms. The van der Waals surface area contributed by atoms with Crippen molar-refractivity contribution >= 4 is 11.9 Å². The van der Waals surface area contributed by atoms with Gasteiger partial charge in [-0.3, -0.25) is 9.59 Å². The van der Waals surface area contributed by atoms with Crippen molar-refractivity contribution in [1.29, 1.82) is 0 Å². The molecule has 0 radical (unpaired) electrons. The van der Waals surface area contributed by atoms with Gasteiger partial charge in [0.1, 0.15) is 0 Å². The van der Waals surface area contributed by atoms with E-state index in [9.17, 15) is 9.59 Å². The molecule has 4 heteroatoms. The fourth-order valence-electron chi connectivity index (χ4n) is 3.14. The minimum Gasteiger partial charge on any atom is -0.393 e. The molecule has 3 rings (SSSR count). The topological polar surface area (TPSA) is 52.6 Å². The third-order valence-electron chi connectivity index (χ3n) is 3.94. The van der Waals surface area contributed by atoms with E-state index in [1.54, 1.807) is 0 Å². The second-order valence-corrected chi connectivity index (χ2v) is 5.47. The maximum Gasteiger partial charge on any atom is 0.320 e. The molecule has 100 valence electrons. The van der Waals surface area contributed by atoms with Crippen LogP contribution >= 0.6 is 0 Å². The van der Waals surface area contributed by atoms with Gasteiger partial charge in [0.2, 0.25) is 0 Å². The lowest BCUT2D eigenvalue weighted by Crippen LogP contribution is -2.39. The molecule has 2 aliphatic heterocycles. The van der Waals surface area contributed by atoms with E-state index in [1.807, 2.05) is 37.3 Å². The molecule has 2 aliphatic rings. The zero-order valence-electron chi connectivity index (χ0n) is 10.8. The number of esters is 2. The van der Waals surface area contributed by atoms with Crippen LogP contribution in [0.25, 0.3) is 0 Å². The first-order valence-electron chi connectivity index (χ1n) is 6.55. The Hall–Kier alpha value is -1.68. The highest BCUT2D eigenvalue weighted by molar-refractivity contribution is 5.97. The molecule has 2 heterocycles. The molecule has 3 atom stereocenters. The summed E-state index contributed by atoms with van der Waals surface area (Å²) in [6, 6.07) is 9.81. The van der Waals surface area contributed by atoms with Gasteiger partial charge in [-0.15, -0.1) is 0 Å². The van der Waals surface area contributed by atoms with Gasteiger partial charge in [0.25, 0.3) is 0 Å². The largest absolute Gasteiger partial charge is 0.393 e. The molecule has 0 bridgehead atoms. The number of carbonyl (C=O) groups is 2. The van der Waals surface area contributed by atoms with Gasteiger partial charge in [0.05, 0.1) is 24.0 Å². The van der Waals surface area contributed by atoms with E-state index in [0.717, 1.165) is 5.56 Å². The molecule has 4 nitrogen and oxygen atoms in total. The van der Waals surface area contributed by atoms with Crippen molar-refractivity contribution in [2.45, 2.75) is 38.4 Å². The zero-order chi connectivity index (χ0) is 13.5. The number of ether oxygens (including phenoxy) is 2. The van der Waals surface area contributed by atoms with Crippen LogP contribution in [0.2, 0.25) is 0 Å². The summed E-state index contributed by atoms with van der Waals surface area (Å²) in [5.74, 6) is -0.792. The Bertz CT molecular complexity index is 510. The summed E-state index contributed by atoms with van der Waals surface area (Å²) < 4.78 is 10.7. The summed E-state index contributed by atoms with van der Waals surface area (Å²) in [6.45, 7) is 1.94. The van der Waals surface area contributed by atoms with Gasteiger partial charge in [-0.25, -0.2) is 0 Å². The molecule has 0 N–H and O–H groups in total. The highest BCUT2D eigenvalue weighted by Gasteiger charge is 2.53. The Kier molecular flexibility index (Phi) is 2.90. The van der Waals surface area contributed by atoms with E-state index in [0.29, 0.717) is 12.8 Å². The SMILES string of the molecule is C[C@@H]1C[C@@]2(CC(=O)OC2=O)C[C@H](c2ccccc2)O1. The maximum absolute atomic E-state index is 12.0. The molecule has 0 saturated carbocycles. The average Bonchev–Trinajstić information content (AvgIpc) is 2.63. The number of rotatable bonds is 1. The second-order valence-electron chi connectivity index (χ2n) is 5.47. The number of benzene rings is 1. The van der Waals surface area contributed by atoms with Gasteiger partial charge in [0, 0.05) is 0 Å². The minimum absolute atomic E-state index is 0.0580. The van der Waals surface area contributed by atoms with Crippen molar-refractivity contribution in [3.8, 4) is 0 Å². The number of cyclic esters (lactones) is 2. The summed E-state index contributed by atoms with van der Waals surface area (Å²) in [5.41, 5.74) is 0.357. The predicted octanol–water partition coefficient (Wildman–Crippen LogP) is 2.39. The number of carbonyl (C=O) groups excluding carboxylic acids is 2. The van der Waals surface area contributed by atoms with Crippen LogP contribution in [0.1, 0.15) is 37.9 Å². The fourth-order valence-corrected chi connectivity index (χ4v) is 3.14. The van der Waals surface area contributed by atoms with E-state index in [2.05, 4.69) is 0 Å². The molecule has 2 saturated heterocycles. The number of hydrogen-bond acceptors (Lipinski definition) is 4. The lowest BCUT2D eigenvalue weighted by Gasteiger charge is -2.38. The summed E-state index contributed by atoms with van der Waals surface area (Å²) in [6.07, 6.45) is 1.05. The van der Waals surface area contributed by atoms with E-state index >= 15 is 0 Å². The van der Waals surface area contributed by atoms with E-state index < -0.39 is 11.4 Å². The van der Waals surface area contributed by atoms with E-state index in [1.165, 1.54) is 0 Å². The maximum atomic E-state index is 12.0. The van der Waals surface area contributed by atoms with Gasteiger partial charge < -0.3 is 9.47 Å². The zero-order valence-corrected chi connectivity index (χ0v) is 10.8. The first kappa shape index (κ1) is 12.4. The summed E-state index contributed by atoms with van der Waals surface area (Å²) in [4.78, 5) is 23.4. The van der Waals surface area contributed by atoms with Crippen molar-refractivity contribution in [2.75, 3.05) is 0 Å². The smallest absolute Gasteiger partial charge is 0.320 e. The van der Waals surface area contributed by atoms with Gasteiger partial charge in [-0.2, -0.15) is 0 Å². The molecular weight excluding hydrogens is 244 g/mol. The monoisotopic (exact) mass is 260 g/mol. The molecule has 0 amide bonds. The fraction of sp³-hybridized carbons (Fsp3) is 0.467. The average molecular weight is 260 g/mol. The highest BCUT2D eigenvalue weighted by atomic mass is 16.6. The first-order chi connectivity index (χ1) is 9.09. The standard InChI is InChI=1S/C15H16O4/c1-10-7-15(9-13(16)19-14(15)17)8-12(18-10)11-5-3-2-4-6-11/h2-6,10,12H,7-9H2,1H3/t10-,12-,15+/m1/s1. The van der Waals surface area contributed by atoms with Gasteiger partial charge in [0.15, 0.2) is 0 Å². The molecule has 2 fully saturated rings. The van der Waals surface area contributed by atoms with Gasteiger partial charge in [-0.05, 0) is 25.3 Å². The lowest BCUT2D eigenvalue weighted by molar-refractivity contribution is -0.162. The summed E-state index contributed by atoms with van der Waals surface area (Å²) in [5, 5.41) is 0. The van der Waals surface area contributed by atoms with Crippen LogP contribution in [0.4, 0.5) is 0 Å². The Morgan fingerprint density at radius 2 is 1.89 bits per heavy atom. The first-order valence-corrected chi connectivity index (χ1v) is 6.55. The number of hydrogen-bond donors (Lipinski definition) is 0. The van der Waals surface area contributed by atoms with Crippen LogP contribution in [0, 0.1) is 5.41 Å². The van der Waals surface area contributed by atoms with Gasteiger partial charge in [-0.1, -0.05) is 30.3 Å². The Morgan fingerprint density at radius 3 is 2.53 bits per heavy atom. The Morgan fingerprint density at radius 1 is 1.16 bits per heavy atom. The van der Waals surface area contributed by atoms with Gasteiger partial charge >= 0.3 is 11.9 Å². The van der Waals surface area contributed by atoms with Crippen LogP contribution in [0.15, 0.2) is 30.3 Å². The molecule has 0 aromatic heterocycles. The lowest BCUT2D eigenvalue weighted by atomic mass is 9.73. The molecule has 1 spiro atoms. The molecule has 1 aromatic carbocycles. The molecule has 0 aliphatic carbocycles.